The number of thioether (sulfide) groups is 1. The van der Waals surface area contributed by atoms with E-state index in [9.17, 15) is 0 Å². The quantitative estimate of drug-likeness (QED) is 0.750. The maximum atomic E-state index is 6.30. The van der Waals surface area contributed by atoms with E-state index in [1.54, 1.807) is 0 Å². The number of alkyl halides is 1. The summed E-state index contributed by atoms with van der Waals surface area (Å²) < 4.78 is 0. The zero-order valence-corrected chi connectivity index (χ0v) is 11.6. The first-order valence-corrected chi connectivity index (χ1v) is 7.48. The first kappa shape index (κ1) is 12.4. The van der Waals surface area contributed by atoms with Gasteiger partial charge in [0.2, 0.25) is 0 Å². The molecule has 1 atom stereocenters. The maximum Gasteiger partial charge on any atom is 0.0642 e. The summed E-state index contributed by atoms with van der Waals surface area (Å²) in [5, 5.41) is 0.817. The van der Waals surface area contributed by atoms with E-state index in [1.807, 2.05) is 17.8 Å². The third kappa shape index (κ3) is 2.61. The van der Waals surface area contributed by atoms with Crippen LogP contribution in [0.3, 0.4) is 0 Å². The molecule has 1 aliphatic rings. The molecular weight excluding hydrogens is 261 g/mol. The number of hydrogen-bond donors (Lipinski definition) is 0. The van der Waals surface area contributed by atoms with Gasteiger partial charge in [-0.2, -0.15) is 11.8 Å². The van der Waals surface area contributed by atoms with Crippen LogP contribution in [0.2, 0.25) is 5.02 Å². The Balaban J connectivity index is 2.25. The number of halogens is 2. The standard InChI is InChI=1S/C12H15Cl2NS/c1-9-8-16-5-4-15(9)12-3-2-10(7-13)6-11(12)14/h2-3,6,9H,4-5,7-8H2,1H3. The summed E-state index contributed by atoms with van der Waals surface area (Å²) in [5.74, 6) is 2.87. The SMILES string of the molecule is CC1CSCCN1c1ccc(CCl)cc1Cl. The van der Waals surface area contributed by atoms with Crippen LogP contribution >= 0.6 is 35.0 Å². The minimum atomic E-state index is 0.519. The molecule has 1 saturated heterocycles. The fourth-order valence-electron chi connectivity index (χ4n) is 1.95. The first-order chi connectivity index (χ1) is 7.72. The number of nitrogens with zero attached hydrogens (tertiary/aromatic N) is 1. The highest BCUT2D eigenvalue weighted by Gasteiger charge is 2.20. The molecule has 1 unspecified atom stereocenters. The lowest BCUT2D eigenvalue weighted by molar-refractivity contribution is 0.700. The van der Waals surface area contributed by atoms with Gasteiger partial charge in [0.25, 0.3) is 0 Å². The van der Waals surface area contributed by atoms with Crippen molar-refractivity contribution in [3.63, 3.8) is 0 Å². The van der Waals surface area contributed by atoms with Gasteiger partial charge in [0.1, 0.15) is 0 Å². The zero-order chi connectivity index (χ0) is 11.5. The lowest BCUT2D eigenvalue weighted by atomic mass is 10.2. The Labute approximate surface area is 111 Å². The van der Waals surface area contributed by atoms with Crippen LogP contribution in [0.5, 0.6) is 0 Å². The zero-order valence-electron chi connectivity index (χ0n) is 9.25. The third-order valence-electron chi connectivity index (χ3n) is 2.84. The van der Waals surface area contributed by atoms with Crippen molar-refractivity contribution in [3.8, 4) is 0 Å². The van der Waals surface area contributed by atoms with Gasteiger partial charge in [-0.3, -0.25) is 0 Å². The van der Waals surface area contributed by atoms with Gasteiger partial charge in [0.15, 0.2) is 0 Å². The first-order valence-electron chi connectivity index (χ1n) is 5.41. The van der Waals surface area contributed by atoms with E-state index in [0.29, 0.717) is 11.9 Å². The van der Waals surface area contributed by atoms with Gasteiger partial charge in [0.05, 0.1) is 10.7 Å². The second kappa shape index (κ2) is 5.52. The van der Waals surface area contributed by atoms with Gasteiger partial charge in [-0.15, -0.1) is 11.6 Å². The van der Waals surface area contributed by atoms with Crippen molar-refractivity contribution < 1.29 is 0 Å². The van der Waals surface area contributed by atoms with Crippen LogP contribution in [0.4, 0.5) is 5.69 Å². The molecule has 0 bridgehead atoms. The van der Waals surface area contributed by atoms with Gasteiger partial charge in [-0.05, 0) is 24.6 Å². The minimum absolute atomic E-state index is 0.519. The smallest absolute Gasteiger partial charge is 0.0642 e. The van der Waals surface area contributed by atoms with Crippen LogP contribution in [-0.2, 0) is 5.88 Å². The average molecular weight is 276 g/mol. The molecule has 2 rings (SSSR count). The lowest BCUT2D eigenvalue weighted by Crippen LogP contribution is -2.40. The lowest BCUT2D eigenvalue weighted by Gasteiger charge is -2.35. The van der Waals surface area contributed by atoms with Crippen molar-refractivity contribution in [2.24, 2.45) is 0 Å². The normalized spacial score (nSPS) is 21.2. The number of benzene rings is 1. The summed E-state index contributed by atoms with van der Waals surface area (Å²) in [5.41, 5.74) is 2.22. The molecule has 1 heterocycles. The van der Waals surface area contributed by atoms with E-state index in [1.165, 1.54) is 11.5 Å². The van der Waals surface area contributed by atoms with Crippen LogP contribution in [0.25, 0.3) is 0 Å². The molecule has 1 fully saturated rings. The fraction of sp³-hybridized carbons (Fsp3) is 0.500. The molecule has 0 N–H and O–H groups in total. The minimum Gasteiger partial charge on any atom is -0.366 e. The van der Waals surface area contributed by atoms with Gasteiger partial charge in [-0.25, -0.2) is 0 Å². The molecule has 88 valence electrons. The molecule has 0 spiro atoms. The summed E-state index contributed by atoms with van der Waals surface area (Å²) in [6.07, 6.45) is 0. The summed E-state index contributed by atoms with van der Waals surface area (Å²) in [7, 11) is 0. The summed E-state index contributed by atoms with van der Waals surface area (Å²) in [6.45, 7) is 3.32. The summed E-state index contributed by atoms with van der Waals surface area (Å²) in [6, 6.07) is 6.67. The molecule has 0 amide bonds. The van der Waals surface area contributed by atoms with E-state index in [4.69, 9.17) is 23.2 Å². The highest BCUT2D eigenvalue weighted by atomic mass is 35.5. The van der Waals surface area contributed by atoms with Crippen molar-refractivity contribution in [2.75, 3.05) is 23.0 Å². The molecule has 0 aliphatic carbocycles. The topological polar surface area (TPSA) is 3.24 Å². The van der Waals surface area contributed by atoms with Crippen molar-refractivity contribution in [1.82, 2.24) is 0 Å². The predicted molar refractivity (Wildman–Crippen MR) is 75.1 cm³/mol. The Morgan fingerprint density at radius 1 is 1.50 bits per heavy atom. The van der Waals surface area contributed by atoms with Crippen LogP contribution in [0.1, 0.15) is 12.5 Å². The van der Waals surface area contributed by atoms with E-state index in [0.717, 1.165) is 22.8 Å². The van der Waals surface area contributed by atoms with Gasteiger partial charge in [0, 0.05) is 30.0 Å². The molecule has 0 saturated carbocycles. The Kier molecular flexibility index (Phi) is 4.28. The Bertz CT molecular complexity index is 370. The molecule has 0 aromatic heterocycles. The second-order valence-corrected chi connectivity index (χ2v) is 5.86. The fourth-order valence-corrected chi connectivity index (χ4v) is 3.44. The molecule has 4 heteroatoms. The molecule has 1 nitrogen and oxygen atoms in total. The summed E-state index contributed by atoms with van der Waals surface area (Å²) >= 11 is 14.1. The van der Waals surface area contributed by atoms with Crippen molar-refractivity contribution in [1.29, 1.82) is 0 Å². The molecule has 1 aromatic rings. The Hall–Kier alpha value is -0.0500. The van der Waals surface area contributed by atoms with Crippen LogP contribution in [0.15, 0.2) is 18.2 Å². The molecular formula is C12H15Cl2NS. The highest BCUT2D eigenvalue weighted by molar-refractivity contribution is 7.99. The molecule has 1 aliphatic heterocycles. The van der Waals surface area contributed by atoms with E-state index < -0.39 is 0 Å². The van der Waals surface area contributed by atoms with Gasteiger partial charge in [-0.1, -0.05) is 17.7 Å². The van der Waals surface area contributed by atoms with Crippen molar-refractivity contribution in [2.45, 2.75) is 18.8 Å². The monoisotopic (exact) mass is 275 g/mol. The molecule has 0 radical (unpaired) electrons. The Morgan fingerprint density at radius 2 is 2.31 bits per heavy atom. The molecule has 16 heavy (non-hydrogen) atoms. The highest BCUT2D eigenvalue weighted by Crippen LogP contribution is 2.31. The average Bonchev–Trinajstić information content (AvgIpc) is 2.30. The third-order valence-corrected chi connectivity index (χ3v) is 4.64. The number of anilines is 1. The van der Waals surface area contributed by atoms with Gasteiger partial charge >= 0.3 is 0 Å². The Morgan fingerprint density at radius 3 is 2.94 bits per heavy atom. The molecule has 1 aromatic carbocycles. The summed E-state index contributed by atoms with van der Waals surface area (Å²) in [4.78, 5) is 2.39. The van der Waals surface area contributed by atoms with Crippen molar-refractivity contribution in [3.05, 3.63) is 28.8 Å². The largest absolute Gasteiger partial charge is 0.366 e. The number of hydrogen-bond acceptors (Lipinski definition) is 2. The van der Waals surface area contributed by atoms with E-state index >= 15 is 0 Å². The maximum absolute atomic E-state index is 6.30. The van der Waals surface area contributed by atoms with Gasteiger partial charge < -0.3 is 4.90 Å². The van der Waals surface area contributed by atoms with Crippen LogP contribution in [-0.4, -0.2) is 24.1 Å². The predicted octanol–water partition coefficient (Wildman–Crippen LogP) is 4.02. The number of rotatable bonds is 2. The van der Waals surface area contributed by atoms with Crippen LogP contribution < -0.4 is 4.90 Å². The van der Waals surface area contributed by atoms with Crippen LogP contribution in [0, 0.1) is 0 Å². The van der Waals surface area contributed by atoms with E-state index in [2.05, 4.69) is 24.0 Å². The van der Waals surface area contributed by atoms with Crippen molar-refractivity contribution >= 4 is 40.7 Å². The van der Waals surface area contributed by atoms with E-state index in [-0.39, 0.29) is 0 Å². The second-order valence-electron chi connectivity index (χ2n) is 4.04.